The van der Waals surface area contributed by atoms with Gasteiger partial charge in [0.1, 0.15) is 12.4 Å². The van der Waals surface area contributed by atoms with Gasteiger partial charge in [-0.1, -0.05) is 12.6 Å². The molecule has 2 amide bonds. The summed E-state index contributed by atoms with van der Waals surface area (Å²) < 4.78 is 19.5. The molecular formula is C29H39FN8O3. The van der Waals surface area contributed by atoms with E-state index >= 15 is 0 Å². The highest BCUT2D eigenvalue weighted by molar-refractivity contribution is 5.94. The molecule has 220 valence electrons. The molecule has 1 saturated heterocycles. The molecule has 0 unspecified atom stereocenters. The van der Waals surface area contributed by atoms with Crippen molar-refractivity contribution >= 4 is 35.2 Å². The third kappa shape index (κ3) is 6.41. The van der Waals surface area contributed by atoms with E-state index in [-0.39, 0.29) is 31.0 Å². The summed E-state index contributed by atoms with van der Waals surface area (Å²) in [7, 11) is 3.39. The first-order valence-electron chi connectivity index (χ1n) is 13.8. The maximum Gasteiger partial charge on any atom is 0.318 e. The van der Waals surface area contributed by atoms with E-state index in [1.807, 2.05) is 26.0 Å². The molecule has 2 aromatic rings. The molecule has 1 aromatic heterocycles. The fourth-order valence-corrected chi connectivity index (χ4v) is 5.47. The van der Waals surface area contributed by atoms with Crippen molar-refractivity contribution in [2.24, 2.45) is 0 Å². The van der Waals surface area contributed by atoms with Crippen molar-refractivity contribution < 1.29 is 18.7 Å². The summed E-state index contributed by atoms with van der Waals surface area (Å²) in [6.45, 7) is 9.77. The van der Waals surface area contributed by atoms with Crippen LogP contribution in [0.4, 0.5) is 21.6 Å². The number of hydrogen-bond donors (Lipinski definition) is 2. The van der Waals surface area contributed by atoms with Gasteiger partial charge in [-0.2, -0.15) is 9.97 Å². The number of aromatic nitrogens is 2. The Morgan fingerprint density at radius 1 is 1.20 bits per heavy atom. The zero-order valence-corrected chi connectivity index (χ0v) is 24.2. The van der Waals surface area contributed by atoms with E-state index in [1.54, 1.807) is 14.1 Å². The fraction of sp³-hybridized carbons (Fsp3) is 0.483. The molecule has 1 fully saturated rings. The zero-order chi connectivity index (χ0) is 29.8. The van der Waals surface area contributed by atoms with Crippen molar-refractivity contribution in [3.63, 3.8) is 0 Å². The Kier molecular flexibility index (Phi) is 9.09. The number of nitrogens with one attached hydrogen (secondary N) is 1. The molecule has 1 atom stereocenters. The van der Waals surface area contributed by atoms with Gasteiger partial charge in [0.25, 0.3) is 5.91 Å². The molecule has 0 saturated carbocycles. The summed E-state index contributed by atoms with van der Waals surface area (Å²) in [5, 5.41) is 7.97. The summed E-state index contributed by atoms with van der Waals surface area (Å²) in [6, 6.07) is 3.73. The largest absolute Gasteiger partial charge is 0.463 e. The minimum absolute atomic E-state index is 0.0563. The first kappa shape index (κ1) is 29.8. The highest BCUT2D eigenvalue weighted by Gasteiger charge is 2.32. The normalized spacial score (nSPS) is 17.0. The van der Waals surface area contributed by atoms with E-state index in [9.17, 15) is 14.0 Å². The van der Waals surface area contributed by atoms with Gasteiger partial charge in [0.2, 0.25) is 5.91 Å². The number of aryl methyl sites for hydroxylation is 1. The number of piperazine rings is 1. The number of benzene rings is 1. The summed E-state index contributed by atoms with van der Waals surface area (Å²) in [5.74, 6) is -0.992. The van der Waals surface area contributed by atoms with Crippen LogP contribution in [0.5, 0.6) is 6.01 Å². The molecular weight excluding hydrogens is 527 g/mol. The highest BCUT2D eigenvalue weighted by Crippen LogP contribution is 2.33. The van der Waals surface area contributed by atoms with Gasteiger partial charge in [0, 0.05) is 82.3 Å². The lowest BCUT2D eigenvalue weighted by Gasteiger charge is -2.40. The van der Waals surface area contributed by atoms with Crippen LogP contribution in [0.3, 0.4) is 0 Å². The van der Waals surface area contributed by atoms with Crippen molar-refractivity contribution in [3.8, 4) is 6.01 Å². The number of anilines is 3. The second-order valence-corrected chi connectivity index (χ2v) is 10.7. The van der Waals surface area contributed by atoms with Gasteiger partial charge < -0.3 is 35.5 Å². The Balaban J connectivity index is 1.65. The van der Waals surface area contributed by atoms with Gasteiger partial charge in [0.05, 0.1) is 17.8 Å². The number of rotatable bonds is 8. The van der Waals surface area contributed by atoms with Crippen molar-refractivity contribution in [2.45, 2.75) is 39.2 Å². The number of amides is 2. The second-order valence-electron chi connectivity index (χ2n) is 10.7. The van der Waals surface area contributed by atoms with Gasteiger partial charge in [-0.25, -0.2) is 4.39 Å². The lowest BCUT2D eigenvalue weighted by Crippen LogP contribution is -2.54. The Morgan fingerprint density at radius 3 is 2.59 bits per heavy atom. The number of halogens is 1. The quantitative estimate of drug-likeness (QED) is 0.283. The van der Waals surface area contributed by atoms with Gasteiger partial charge in [-0.15, -0.1) is 0 Å². The number of ether oxygens (including phenoxy) is 1. The number of carbonyl (C=O) groups is 2. The van der Waals surface area contributed by atoms with Crippen molar-refractivity contribution in [1.82, 2.24) is 19.8 Å². The SMILES string of the molecule is C=C(F)C(=O)N1CCN(c2nc(OCCC(=O)N(C)C)nc3c2CCN(c2c(C)ccc(N)c2C=N)CC3)C[C@H]1C. The molecule has 0 aliphatic carbocycles. The minimum atomic E-state index is -0.967. The maximum absolute atomic E-state index is 13.6. The third-order valence-electron chi connectivity index (χ3n) is 7.68. The van der Waals surface area contributed by atoms with E-state index < -0.39 is 11.7 Å². The molecule has 0 spiro atoms. The fourth-order valence-electron chi connectivity index (χ4n) is 5.47. The van der Waals surface area contributed by atoms with E-state index in [2.05, 4.69) is 16.4 Å². The molecule has 0 bridgehead atoms. The van der Waals surface area contributed by atoms with Crippen LogP contribution in [-0.4, -0.2) is 97.3 Å². The van der Waals surface area contributed by atoms with Gasteiger partial charge in [0.15, 0.2) is 5.83 Å². The Labute approximate surface area is 240 Å². The molecule has 4 rings (SSSR count). The van der Waals surface area contributed by atoms with Gasteiger partial charge >= 0.3 is 6.01 Å². The van der Waals surface area contributed by atoms with Crippen LogP contribution in [-0.2, 0) is 22.4 Å². The van der Waals surface area contributed by atoms with E-state index in [0.717, 1.165) is 28.3 Å². The topological polar surface area (TPSA) is 132 Å². The number of hydrogen-bond acceptors (Lipinski definition) is 9. The van der Waals surface area contributed by atoms with Crippen molar-refractivity contribution in [3.05, 3.63) is 46.9 Å². The molecule has 2 aliphatic heterocycles. The number of nitrogen functional groups attached to an aromatic ring is 1. The molecule has 3 N–H and O–H groups in total. The zero-order valence-electron chi connectivity index (χ0n) is 24.2. The van der Waals surface area contributed by atoms with Crippen LogP contribution in [0.1, 0.15) is 35.7 Å². The summed E-state index contributed by atoms with van der Waals surface area (Å²) in [5.41, 5.74) is 11.3. The van der Waals surface area contributed by atoms with Gasteiger partial charge in [-0.3, -0.25) is 9.59 Å². The summed E-state index contributed by atoms with van der Waals surface area (Å²) in [6.07, 6.45) is 2.75. The highest BCUT2D eigenvalue weighted by atomic mass is 19.1. The summed E-state index contributed by atoms with van der Waals surface area (Å²) in [4.78, 5) is 41.3. The lowest BCUT2D eigenvalue weighted by molar-refractivity contribution is -0.131. The van der Waals surface area contributed by atoms with Crippen LogP contribution in [0.25, 0.3) is 0 Å². The number of carbonyl (C=O) groups excluding carboxylic acids is 2. The molecule has 3 heterocycles. The number of nitrogens with zero attached hydrogens (tertiary/aromatic N) is 6. The predicted molar refractivity (Wildman–Crippen MR) is 158 cm³/mol. The van der Waals surface area contributed by atoms with Crippen LogP contribution in [0.2, 0.25) is 0 Å². The molecule has 0 radical (unpaired) electrons. The maximum atomic E-state index is 13.6. The molecule has 11 nitrogen and oxygen atoms in total. The molecule has 2 aliphatic rings. The van der Waals surface area contributed by atoms with Crippen LogP contribution < -0.4 is 20.3 Å². The van der Waals surface area contributed by atoms with Gasteiger partial charge in [-0.05, 0) is 31.9 Å². The average Bonchev–Trinajstić information content (AvgIpc) is 3.15. The first-order chi connectivity index (χ1) is 19.5. The monoisotopic (exact) mass is 566 g/mol. The van der Waals surface area contributed by atoms with Crippen LogP contribution >= 0.6 is 0 Å². The Hall–Kier alpha value is -4.22. The third-order valence-corrected chi connectivity index (χ3v) is 7.68. The Bertz CT molecular complexity index is 1350. The Morgan fingerprint density at radius 2 is 1.93 bits per heavy atom. The smallest absolute Gasteiger partial charge is 0.318 e. The molecule has 12 heteroatoms. The lowest BCUT2D eigenvalue weighted by atomic mass is 10.0. The summed E-state index contributed by atoms with van der Waals surface area (Å²) >= 11 is 0. The van der Waals surface area contributed by atoms with Crippen molar-refractivity contribution in [2.75, 3.05) is 69.0 Å². The van der Waals surface area contributed by atoms with Crippen molar-refractivity contribution in [1.29, 1.82) is 5.41 Å². The number of fused-ring (bicyclic) bond motifs is 1. The van der Waals surface area contributed by atoms with E-state index in [4.69, 9.17) is 25.8 Å². The standard InChI is InChI=1S/C29H39FN8O3/c1-18-6-7-23(32)22(16-31)26(18)36-11-8-21-24(9-12-36)33-29(41-15-10-25(39)35(4)5)34-27(21)37-13-14-38(19(2)17-37)28(40)20(3)30/h6-7,16,19,31H,3,8-15,17,32H2,1-2,4-5H3/t19-/m1/s1. The second kappa shape index (κ2) is 12.5. The van der Waals surface area contributed by atoms with Crippen LogP contribution in [0, 0.1) is 12.3 Å². The number of nitrogens with two attached hydrogens (primary N) is 1. The molecule has 1 aromatic carbocycles. The minimum Gasteiger partial charge on any atom is -0.463 e. The first-order valence-corrected chi connectivity index (χ1v) is 13.8. The average molecular weight is 567 g/mol. The van der Waals surface area contributed by atoms with E-state index in [0.29, 0.717) is 56.8 Å². The molecule has 41 heavy (non-hydrogen) atoms. The van der Waals surface area contributed by atoms with E-state index in [1.165, 1.54) is 16.0 Å². The predicted octanol–water partition coefficient (Wildman–Crippen LogP) is 2.35. The van der Waals surface area contributed by atoms with Crippen LogP contribution in [0.15, 0.2) is 24.5 Å².